The fraction of sp³-hybridized carbons (Fsp3) is 0.786. The topological polar surface area (TPSA) is 29.5 Å². The van der Waals surface area contributed by atoms with E-state index in [4.69, 9.17) is 4.43 Å². The lowest BCUT2D eigenvalue weighted by Gasteiger charge is -2.40. The maximum atomic E-state index is 12.0. The average Bonchev–Trinajstić information content (AvgIpc) is 2.55. The summed E-state index contributed by atoms with van der Waals surface area (Å²) in [5.74, 6) is 0.257. The van der Waals surface area contributed by atoms with Crippen molar-refractivity contribution in [1.82, 2.24) is 4.90 Å². The van der Waals surface area contributed by atoms with Crippen molar-refractivity contribution in [2.75, 3.05) is 6.54 Å². The molecule has 3 nitrogen and oxygen atoms in total. The molecule has 1 saturated heterocycles. The first-order valence-electron chi connectivity index (χ1n) is 6.85. The Labute approximate surface area is 111 Å². The van der Waals surface area contributed by atoms with Crippen LogP contribution in [0.1, 0.15) is 33.6 Å². The van der Waals surface area contributed by atoms with Crippen LogP contribution in [0.2, 0.25) is 18.1 Å². The molecule has 0 aromatic rings. The van der Waals surface area contributed by atoms with E-state index >= 15 is 0 Å². The molecule has 2 atom stereocenters. The molecule has 0 bridgehead atoms. The standard InChI is InChI=1S/C14H25NO2Si/c1-14(2,3)18(4,5)17-12-10-13(16)15-9-7-6-8-11(12)15/h6-7,11-12H,8-10H2,1-5H3/t11-,12-/m1/s1. The van der Waals surface area contributed by atoms with Crippen molar-refractivity contribution in [2.24, 2.45) is 0 Å². The van der Waals surface area contributed by atoms with Crippen molar-refractivity contribution >= 4 is 14.2 Å². The molecule has 18 heavy (non-hydrogen) atoms. The largest absolute Gasteiger partial charge is 0.411 e. The SMILES string of the molecule is CC(C)(C)[Si](C)(C)O[C@@H]1CC(=O)N2CC=CC[C@H]12. The van der Waals surface area contributed by atoms with Crippen molar-refractivity contribution < 1.29 is 9.22 Å². The molecule has 2 aliphatic heterocycles. The zero-order valence-electron chi connectivity index (χ0n) is 12.2. The van der Waals surface area contributed by atoms with Crippen LogP contribution in [0.25, 0.3) is 0 Å². The molecular weight excluding hydrogens is 242 g/mol. The van der Waals surface area contributed by atoms with Gasteiger partial charge in [0, 0.05) is 6.54 Å². The van der Waals surface area contributed by atoms with Crippen molar-refractivity contribution in [1.29, 1.82) is 0 Å². The van der Waals surface area contributed by atoms with Crippen LogP contribution in [-0.4, -0.2) is 37.8 Å². The molecule has 0 aromatic heterocycles. The Kier molecular flexibility index (Phi) is 3.45. The molecule has 2 rings (SSSR count). The first kappa shape index (κ1) is 13.8. The fourth-order valence-electron chi connectivity index (χ4n) is 2.43. The molecule has 4 heteroatoms. The minimum Gasteiger partial charge on any atom is -0.411 e. The van der Waals surface area contributed by atoms with Gasteiger partial charge >= 0.3 is 0 Å². The summed E-state index contributed by atoms with van der Waals surface area (Å²) in [6, 6.07) is 0.275. The molecule has 0 saturated carbocycles. The number of fused-ring (bicyclic) bond motifs is 1. The lowest BCUT2D eigenvalue weighted by molar-refractivity contribution is -0.128. The lowest BCUT2D eigenvalue weighted by Crippen LogP contribution is -2.48. The number of hydrogen-bond donors (Lipinski definition) is 0. The van der Waals surface area contributed by atoms with Crippen molar-refractivity contribution in [2.45, 2.75) is 63.9 Å². The van der Waals surface area contributed by atoms with E-state index in [2.05, 4.69) is 46.0 Å². The maximum absolute atomic E-state index is 12.0. The van der Waals surface area contributed by atoms with Gasteiger partial charge in [-0.25, -0.2) is 0 Å². The van der Waals surface area contributed by atoms with Gasteiger partial charge in [-0.3, -0.25) is 4.79 Å². The highest BCUT2D eigenvalue weighted by Gasteiger charge is 2.46. The van der Waals surface area contributed by atoms with E-state index in [9.17, 15) is 4.79 Å². The second kappa shape index (κ2) is 4.49. The molecule has 0 unspecified atom stereocenters. The molecular formula is C14H25NO2Si. The summed E-state index contributed by atoms with van der Waals surface area (Å²) in [6.07, 6.45) is 5.89. The van der Waals surface area contributed by atoms with Gasteiger partial charge in [0.05, 0.1) is 18.6 Å². The van der Waals surface area contributed by atoms with Gasteiger partial charge in [0.2, 0.25) is 5.91 Å². The number of carbonyl (C=O) groups excluding carboxylic acids is 1. The van der Waals surface area contributed by atoms with Crippen molar-refractivity contribution in [3.8, 4) is 0 Å². The Morgan fingerprint density at radius 1 is 1.33 bits per heavy atom. The van der Waals surface area contributed by atoms with Crippen LogP contribution in [0.3, 0.4) is 0 Å². The highest BCUT2D eigenvalue weighted by atomic mass is 28.4. The Bertz CT molecular complexity index is 370. The number of amides is 1. The lowest BCUT2D eigenvalue weighted by atomic mass is 10.1. The van der Waals surface area contributed by atoms with Crippen LogP contribution in [0.5, 0.6) is 0 Å². The smallest absolute Gasteiger partial charge is 0.225 e. The number of carbonyl (C=O) groups is 1. The molecule has 0 spiro atoms. The fourth-order valence-corrected chi connectivity index (χ4v) is 3.78. The van der Waals surface area contributed by atoms with Crippen LogP contribution in [-0.2, 0) is 9.22 Å². The number of nitrogens with zero attached hydrogens (tertiary/aromatic N) is 1. The molecule has 1 fully saturated rings. The summed E-state index contributed by atoms with van der Waals surface area (Å²) in [7, 11) is -1.78. The van der Waals surface area contributed by atoms with Gasteiger partial charge in [-0.05, 0) is 24.6 Å². The third-order valence-electron chi connectivity index (χ3n) is 4.62. The molecule has 0 radical (unpaired) electrons. The average molecular weight is 267 g/mol. The maximum Gasteiger partial charge on any atom is 0.225 e. The molecule has 2 heterocycles. The first-order chi connectivity index (χ1) is 8.22. The van der Waals surface area contributed by atoms with Gasteiger partial charge < -0.3 is 9.33 Å². The van der Waals surface area contributed by atoms with Crippen LogP contribution in [0.15, 0.2) is 12.2 Å². The van der Waals surface area contributed by atoms with E-state index in [0.717, 1.165) is 13.0 Å². The van der Waals surface area contributed by atoms with Gasteiger partial charge in [0.15, 0.2) is 8.32 Å². The van der Waals surface area contributed by atoms with Crippen molar-refractivity contribution in [3.05, 3.63) is 12.2 Å². The summed E-state index contributed by atoms with van der Waals surface area (Å²) in [5, 5.41) is 0.202. The predicted molar refractivity (Wildman–Crippen MR) is 75.9 cm³/mol. The summed E-state index contributed by atoms with van der Waals surface area (Å²) < 4.78 is 6.45. The minimum atomic E-state index is -1.78. The highest BCUT2D eigenvalue weighted by molar-refractivity contribution is 6.74. The Morgan fingerprint density at radius 3 is 2.61 bits per heavy atom. The molecule has 2 aliphatic rings. The minimum absolute atomic E-state index is 0.100. The van der Waals surface area contributed by atoms with Crippen LogP contribution < -0.4 is 0 Å². The van der Waals surface area contributed by atoms with E-state index in [1.807, 2.05) is 4.90 Å². The van der Waals surface area contributed by atoms with Gasteiger partial charge in [0.1, 0.15) is 0 Å². The molecule has 1 amide bonds. The van der Waals surface area contributed by atoms with Crippen LogP contribution in [0.4, 0.5) is 0 Å². The van der Waals surface area contributed by atoms with E-state index in [-0.39, 0.29) is 23.1 Å². The summed E-state index contributed by atoms with van der Waals surface area (Å²) in [6.45, 7) is 12.0. The summed E-state index contributed by atoms with van der Waals surface area (Å²) in [4.78, 5) is 14.0. The van der Waals surface area contributed by atoms with Crippen LogP contribution in [0, 0.1) is 0 Å². The Balaban J connectivity index is 2.11. The quantitative estimate of drug-likeness (QED) is 0.569. The zero-order valence-corrected chi connectivity index (χ0v) is 13.2. The predicted octanol–water partition coefficient (Wildman–Crippen LogP) is 2.94. The molecule has 0 aromatic carbocycles. The van der Waals surface area contributed by atoms with Gasteiger partial charge in [-0.1, -0.05) is 32.9 Å². The number of hydrogen-bond acceptors (Lipinski definition) is 2. The summed E-state index contributed by atoms with van der Waals surface area (Å²) in [5.41, 5.74) is 0. The third-order valence-corrected chi connectivity index (χ3v) is 9.13. The van der Waals surface area contributed by atoms with Gasteiger partial charge in [0.25, 0.3) is 0 Å². The van der Waals surface area contributed by atoms with Crippen molar-refractivity contribution in [3.63, 3.8) is 0 Å². The van der Waals surface area contributed by atoms with E-state index < -0.39 is 8.32 Å². The second-order valence-corrected chi connectivity index (χ2v) is 11.7. The van der Waals surface area contributed by atoms with E-state index in [1.54, 1.807) is 0 Å². The normalized spacial score (nSPS) is 28.7. The third kappa shape index (κ3) is 2.41. The zero-order chi connectivity index (χ0) is 13.6. The Hall–Kier alpha value is -0.613. The van der Waals surface area contributed by atoms with Gasteiger partial charge in [-0.2, -0.15) is 0 Å². The first-order valence-corrected chi connectivity index (χ1v) is 9.75. The molecule has 102 valence electrons. The van der Waals surface area contributed by atoms with Crippen LogP contribution >= 0.6 is 0 Å². The Morgan fingerprint density at radius 2 is 2.00 bits per heavy atom. The highest BCUT2D eigenvalue weighted by Crippen LogP contribution is 2.40. The summed E-state index contributed by atoms with van der Waals surface area (Å²) >= 11 is 0. The molecule has 0 N–H and O–H groups in total. The second-order valence-electron chi connectivity index (χ2n) is 6.94. The van der Waals surface area contributed by atoms with E-state index in [0.29, 0.717) is 6.42 Å². The van der Waals surface area contributed by atoms with E-state index in [1.165, 1.54) is 0 Å². The monoisotopic (exact) mass is 267 g/mol. The van der Waals surface area contributed by atoms with Gasteiger partial charge in [-0.15, -0.1) is 0 Å². The number of rotatable bonds is 2. The molecule has 0 aliphatic carbocycles.